The van der Waals surface area contributed by atoms with Crippen molar-refractivity contribution in [2.24, 2.45) is 27.9 Å². The molecule has 0 saturated heterocycles. The number of hydrogen-bond donors (Lipinski definition) is 9. The van der Waals surface area contributed by atoms with Crippen LogP contribution in [0.5, 0.6) is 0 Å². The summed E-state index contributed by atoms with van der Waals surface area (Å²) in [6.07, 6.45) is 2.62. The summed E-state index contributed by atoms with van der Waals surface area (Å²) in [5.74, 6) is -4.56. The number of aromatic nitrogens is 2. The Morgan fingerprint density at radius 3 is 2.12 bits per heavy atom. The second kappa shape index (κ2) is 16.2. The Balaban J connectivity index is 2.23. The van der Waals surface area contributed by atoms with Crippen LogP contribution in [0.1, 0.15) is 30.5 Å². The molecular weight excluding hydrogens is 536 g/mol. The summed E-state index contributed by atoms with van der Waals surface area (Å²) >= 11 is 0. The first kappa shape index (κ1) is 32.2. The number of hydrogen-bond acceptors (Lipinski definition) is 8. The molecule has 1 heterocycles. The highest BCUT2D eigenvalue weighted by molar-refractivity contribution is 5.95. The van der Waals surface area contributed by atoms with Gasteiger partial charge in [0.25, 0.3) is 0 Å². The van der Waals surface area contributed by atoms with Crippen LogP contribution in [0.4, 0.5) is 0 Å². The number of rotatable bonds is 17. The molecule has 1 aromatic carbocycles. The number of benzene rings is 1. The van der Waals surface area contributed by atoms with Crippen molar-refractivity contribution in [2.75, 3.05) is 6.54 Å². The summed E-state index contributed by atoms with van der Waals surface area (Å²) in [6.45, 7) is 0.143. The molecule has 1 aromatic heterocycles. The highest BCUT2D eigenvalue weighted by atomic mass is 16.4. The Labute approximate surface area is 235 Å². The minimum absolute atomic E-state index is 0.00678. The van der Waals surface area contributed by atoms with Crippen molar-refractivity contribution in [1.82, 2.24) is 25.9 Å². The van der Waals surface area contributed by atoms with Crippen LogP contribution in [-0.4, -0.2) is 81.3 Å². The third kappa shape index (κ3) is 11.7. The van der Waals surface area contributed by atoms with Gasteiger partial charge in [-0.2, -0.15) is 0 Å². The number of carboxylic acid groups (broad SMARTS) is 1. The second-order valence-electron chi connectivity index (χ2n) is 9.22. The maximum atomic E-state index is 13.4. The van der Waals surface area contributed by atoms with Crippen molar-refractivity contribution >= 4 is 35.6 Å². The average Bonchev–Trinajstić information content (AvgIpc) is 3.42. The first-order valence-electron chi connectivity index (χ1n) is 12.7. The van der Waals surface area contributed by atoms with Crippen molar-refractivity contribution in [3.8, 4) is 0 Å². The van der Waals surface area contributed by atoms with E-state index in [1.54, 1.807) is 30.3 Å². The van der Waals surface area contributed by atoms with E-state index < -0.39 is 60.2 Å². The minimum atomic E-state index is -1.31. The van der Waals surface area contributed by atoms with Crippen LogP contribution in [-0.2, 0) is 36.8 Å². The van der Waals surface area contributed by atoms with Gasteiger partial charge in [-0.15, -0.1) is 0 Å². The highest BCUT2D eigenvalue weighted by Crippen LogP contribution is 2.07. The predicted molar refractivity (Wildman–Crippen MR) is 148 cm³/mol. The molecule has 16 nitrogen and oxygen atoms in total. The summed E-state index contributed by atoms with van der Waals surface area (Å²) < 4.78 is 0. The van der Waals surface area contributed by atoms with E-state index in [4.69, 9.17) is 22.9 Å². The Morgan fingerprint density at radius 1 is 0.902 bits per heavy atom. The summed E-state index contributed by atoms with van der Waals surface area (Å²) in [5.41, 5.74) is 22.7. The van der Waals surface area contributed by atoms with Crippen molar-refractivity contribution in [3.05, 3.63) is 54.1 Å². The number of aliphatic imine (C=N–C) groups is 1. The molecule has 2 rings (SSSR count). The largest absolute Gasteiger partial charge is 0.480 e. The summed E-state index contributed by atoms with van der Waals surface area (Å²) in [7, 11) is 0. The third-order valence-electron chi connectivity index (χ3n) is 5.85. The maximum absolute atomic E-state index is 13.4. The van der Waals surface area contributed by atoms with Crippen molar-refractivity contribution in [2.45, 2.75) is 56.3 Å². The van der Waals surface area contributed by atoms with Crippen LogP contribution >= 0.6 is 0 Å². The van der Waals surface area contributed by atoms with Gasteiger partial charge < -0.3 is 49.0 Å². The van der Waals surface area contributed by atoms with Gasteiger partial charge in [0, 0.05) is 31.3 Å². The Kier molecular flexibility index (Phi) is 12.7. The number of carboxylic acids is 1. The van der Waals surface area contributed by atoms with Crippen molar-refractivity contribution in [3.63, 3.8) is 0 Å². The fourth-order valence-corrected chi connectivity index (χ4v) is 3.78. The van der Waals surface area contributed by atoms with Crippen LogP contribution in [0.25, 0.3) is 0 Å². The van der Waals surface area contributed by atoms with Crippen LogP contribution in [0.3, 0.4) is 0 Å². The third-order valence-corrected chi connectivity index (χ3v) is 5.85. The Morgan fingerprint density at radius 2 is 1.54 bits per heavy atom. The van der Waals surface area contributed by atoms with E-state index >= 15 is 0 Å². The van der Waals surface area contributed by atoms with Gasteiger partial charge in [-0.1, -0.05) is 30.3 Å². The number of amides is 4. The molecule has 41 heavy (non-hydrogen) atoms. The minimum Gasteiger partial charge on any atom is -0.480 e. The van der Waals surface area contributed by atoms with Gasteiger partial charge in [0.05, 0.1) is 18.8 Å². The molecule has 0 fully saturated rings. The zero-order chi connectivity index (χ0) is 30.4. The number of H-pyrrole nitrogens is 1. The van der Waals surface area contributed by atoms with Crippen LogP contribution in [0.15, 0.2) is 47.8 Å². The lowest BCUT2D eigenvalue weighted by Gasteiger charge is -2.25. The number of nitrogens with two attached hydrogens (primary N) is 4. The van der Waals surface area contributed by atoms with Gasteiger partial charge in [0.15, 0.2) is 5.96 Å². The first-order chi connectivity index (χ1) is 19.5. The molecule has 0 bridgehead atoms. The molecule has 222 valence electrons. The SMILES string of the molecule is NC(=O)CC(N)C(=O)NC(Cc1cnc[nH]1)C(=O)NC(CCCN=C(N)N)C(=O)NC(Cc1ccccc1)C(=O)O. The number of aromatic amines is 1. The van der Waals surface area contributed by atoms with E-state index in [1.165, 1.54) is 12.5 Å². The zero-order valence-corrected chi connectivity index (χ0v) is 22.3. The molecule has 4 atom stereocenters. The van der Waals surface area contributed by atoms with E-state index in [0.717, 1.165) is 0 Å². The molecule has 0 radical (unpaired) electrons. The summed E-state index contributed by atoms with van der Waals surface area (Å²) in [6, 6.07) is 3.67. The van der Waals surface area contributed by atoms with E-state index in [0.29, 0.717) is 11.3 Å². The molecule has 16 heteroatoms. The molecular formula is C25H36N10O6. The molecule has 0 aliphatic heterocycles. The molecule has 0 aliphatic rings. The fourth-order valence-electron chi connectivity index (χ4n) is 3.78. The highest BCUT2D eigenvalue weighted by Gasteiger charge is 2.31. The van der Waals surface area contributed by atoms with Crippen LogP contribution in [0.2, 0.25) is 0 Å². The first-order valence-corrected chi connectivity index (χ1v) is 12.7. The maximum Gasteiger partial charge on any atom is 0.326 e. The van der Waals surface area contributed by atoms with Gasteiger partial charge in [0.1, 0.15) is 18.1 Å². The van der Waals surface area contributed by atoms with Gasteiger partial charge >= 0.3 is 5.97 Å². The number of carbonyl (C=O) groups is 5. The molecule has 2 aromatic rings. The standard InChI is InChI=1S/C25H36N10O6/c26-16(11-20(27)36)21(37)34-18(10-15-12-30-13-32-15)23(39)33-17(7-4-8-31-25(28)29)22(38)35-19(24(40)41)9-14-5-2-1-3-6-14/h1-3,5-6,12-13,16-19H,4,7-11,26H2,(H2,27,36)(H,30,32)(H,33,39)(H,34,37)(H,35,38)(H,40,41)(H4,28,29,31). The van der Waals surface area contributed by atoms with Gasteiger partial charge in [-0.05, 0) is 18.4 Å². The van der Waals surface area contributed by atoms with Gasteiger partial charge in [0.2, 0.25) is 23.6 Å². The molecule has 0 spiro atoms. The fraction of sp³-hybridized carbons (Fsp3) is 0.400. The van der Waals surface area contributed by atoms with Gasteiger partial charge in [-0.3, -0.25) is 24.2 Å². The monoisotopic (exact) mass is 572 g/mol. The number of guanidine groups is 1. The molecule has 13 N–H and O–H groups in total. The number of nitrogens with zero attached hydrogens (tertiary/aromatic N) is 2. The van der Waals surface area contributed by atoms with E-state index in [1.807, 2.05) is 0 Å². The zero-order valence-electron chi connectivity index (χ0n) is 22.3. The van der Waals surface area contributed by atoms with Crippen LogP contribution in [0, 0.1) is 0 Å². The molecule has 0 saturated carbocycles. The van der Waals surface area contributed by atoms with Crippen molar-refractivity contribution < 1.29 is 29.1 Å². The number of primary amides is 1. The molecule has 4 unspecified atom stereocenters. The summed E-state index contributed by atoms with van der Waals surface area (Å²) in [5, 5.41) is 17.2. The number of carbonyl (C=O) groups excluding carboxylic acids is 4. The Bertz CT molecular complexity index is 1200. The number of aliphatic carboxylic acids is 1. The lowest BCUT2D eigenvalue weighted by atomic mass is 10.0. The lowest BCUT2D eigenvalue weighted by molar-refractivity contribution is -0.142. The predicted octanol–water partition coefficient (Wildman–Crippen LogP) is -3.01. The number of nitrogens with one attached hydrogen (secondary N) is 4. The van der Waals surface area contributed by atoms with Crippen molar-refractivity contribution in [1.29, 1.82) is 0 Å². The van der Waals surface area contributed by atoms with E-state index in [-0.39, 0.29) is 38.2 Å². The molecule has 0 aliphatic carbocycles. The Hall–Kier alpha value is -4.99. The topological polar surface area (TPSA) is 287 Å². The lowest BCUT2D eigenvalue weighted by Crippen LogP contribution is -2.58. The van der Waals surface area contributed by atoms with E-state index in [2.05, 4.69) is 30.9 Å². The number of imidazole rings is 1. The smallest absolute Gasteiger partial charge is 0.326 e. The average molecular weight is 573 g/mol. The summed E-state index contributed by atoms with van der Waals surface area (Å²) in [4.78, 5) is 72.9. The quantitative estimate of drug-likeness (QED) is 0.0525. The van der Waals surface area contributed by atoms with Crippen LogP contribution < -0.4 is 38.9 Å². The van der Waals surface area contributed by atoms with E-state index in [9.17, 15) is 29.1 Å². The molecule has 4 amide bonds. The van der Waals surface area contributed by atoms with Gasteiger partial charge in [-0.25, -0.2) is 9.78 Å². The normalized spacial score (nSPS) is 13.6. The second-order valence-corrected chi connectivity index (χ2v) is 9.22.